The zero-order valence-corrected chi connectivity index (χ0v) is 14.0. The van der Waals surface area contributed by atoms with Gasteiger partial charge in [-0.1, -0.05) is 51.7 Å². The van der Waals surface area contributed by atoms with E-state index in [0.29, 0.717) is 16.8 Å². The lowest BCUT2D eigenvalue weighted by Crippen LogP contribution is -2.31. The van der Waals surface area contributed by atoms with E-state index in [2.05, 4.69) is 27.8 Å². The Kier molecular flexibility index (Phi) is 7.00. The first-order valence-corrected chi connectivity index (χ1v) is 8.76. The molecule has 3 nitrogen and oxygen atoms in total. The second-order valence-electron chi connectivity index (χ2n) is 4.16. The second kappa shape index (κ2) is 8.25. The smallest absolute Gasteiger partial charge is 0.207 e. The van der Waals surface area contributed by atoms with Crippen LogP contribution < -0.4 is 0 Å². The van der Waals surface area contributed by atoms with Gasteiger partial charge in [-0.15, -0.1) is 5.92 Å². The molecule has 0 atom stereocenters. The molecule has 0 unspecified atom stereocenters. The Hall–Kier alpha value is -1.09. The first-order valence-electron chi connectivity index (χ1n) is 6.19. The van der Waals surface area contributed by atoms with E-state index >= 15 is 0 Å². The average Bonchev–Trinajstić information content (AvgIpc) is 2.43. The van der Waals surface area contributed by atoms with Crippen molar-refractivity contribution < 1.29 is 8.42 Å². The maximum Gasteiger partial charge on any atom is 0.244 e. The molecule has 108 valence electrons. The fraction of sp³-hybridized carbons (Fsp3) is 0.333. The fourth-order valence-corrected chi connectivity index (χ4v) is 3.09. The number of benzene rings is 1. The molecule has 0 spiro atoms. The van der Waals surface area contributed by atoms with E-state index in [1.54, 1.807) is 31.2 Å². The molecular formula is C15H18BrNO2S. The number of aryl methyl sites for hydroxylation is 1. The third kappa shape index (κ3) is 4.78. The fourth-order valence-electron chi connectivity index (χ4n) is 1.53. The van der Waals surface area contributed by atoms with Crippen molar-refractivity contribution in [2.24, 2.45) is 0 Å². The van der Waals surface area contributed by atoms with Crippen molar-refractivity contribution in [3.8, 4) is 11.8 Å². The van der Waals surface area contributed by atoms with Crippen molar-refractivity contribution in [2.75, 3.05) is 18.4 Å². The van der Waals surface area contributed by atoms with E-state index in [1.165, 1.54) is 4.31 Å². The van der Waals surface area contributed by atoms with Crippen LogP contribution in [-0.2, 0) is 10.0 Å². The summed E-state index contributed by atoms with van der Waals surface area (Å²) in [5.74, 6) is 5.55. The number of alkyl halides is 1. The van der Waals surface area contributed by atoms with Gasteiger partial charge in [-0.05, 0) is 26.0 Å². The molecule has 0 amide bonds. The highest BCUT2D eigenvalue weighted by atomic mass is 79.9. The molecule has 20 heavy (non-hydrogen) atoms. The number of sulfonamides is 1. The third-order valence-electron chi connectivity index (χ3n) is 2.66. The number of rotatable bonds is 6. The highest BCUT2D eigenvalue weighted by Gasteiger charge is 2.22. The van der Waals surface area contributed by atoms with Crippen molar-refractivity contribution in [3.63, 3.8) is 0 Å². The summed E-state index contributed by atoms with van der Waals surface area (Å²) in [6.45, 7) is 4.14. The minimum atomic E-state index is -3.51. The van der Waals surface area contributed by atoms with Crippen LogP contribution >= 0.6 is 15.9 Å². The average molecular weight is 356 g/mol. The Morgan fingerprint density at radius 3 is 2.45 bits per heavy atom. The van der Waals surface area contributed by atoms with Crippen molar-refractivity contribution in [1.82, 2.24) is 4.31 Å². The van der Waals surface area contributed by atoms with E-state index in [-0.39, 0.29) is 6.54 Å². The molecular weight excluding hydrogens is 338 g/mol. The molecule has 1 aromatic rings. The van der Waals surface area contributed by atoms with E-state index in [4.69, 9.17) is 0 Å². The SMILES string of the molecule is CC#CCN(C/C=C/CBr)S(=O)(=O)c1ccc(C)cc1. The second-order valence-corrected chi connectivity index (χ2v) is 6.75. The van der Waals surface area contributed by atoms with Gasteiger partial charge in [0.05, 0.1) is 11.4 Å². The third-order valence-corrected chi connectivity index (χ3v) is 4.86. The van der Waals surface area contributed by atoms with Gasteiger partial charge in [0.2, 0.25) is 10.0 Å². The molecule has 0 heterocycles. The van der Waals surface area contributed by atoms with Gasteiger partial charge < -0.3 is 0 Å². The zero-order chi connectivity index (χ0) is 15.0. The molecule has 0 radical (unpaired) electrons. The highest BCUT2D eigenvalue weighted by Crippen LogP contribution is 2.16. The molecule has 0 aliphatic carbocycles. The molecule has 0 aromatic heterocycles. The van der Waals surface area contributed by atoms with Gasteiger partial charge in [0.1, 0.15) is 0 Å². The van der Waals surface area contributed by atoms with Crippen LogP contribution in [0.15, 0.2) is 41.3 Å². The van der Waals surface area contributed by atoms with Crippen LogP contribution in [0.4, 0.5) is 0 Å². The molecule has 0 saturated heterocycles. The van der Waals surface area contributed by atoms with Gasteiger partial charge in [0.15, 0.2) is 0 Å². The molecule has 1 rings (SSSR count). The summed E-state index contributed by atoms with van der Waals surface area (Å²) in [5.41, 5.74) is 1.03. The van der Waals surface area contributed by atoms with Crippen LogP contribution in [0.2, 0.25) is 0 Å². The summed E-state index contributed by atoms with van der Waals surface area (Å²) in [6.07, 6.45) is 3.69. The minimum absolute atomic E-state index is 0.194. The lowest BCUT2D eigenvalue weighted by atomic mass is 10.2. The van der Waals surface area contributed by atoms with E-state index in [1.807, 2.05) is 19.1 Å². The van der Waals surface area contributed by atoms with E-state index in [9.17, 15) is 8.42 Å². The van der Waals surface area contributed by atoms with E-state index in [0.717, 1.165) is 5.56 Å². The van der Waals surface area contributed by atoms with Gasteiger partial charge in [-0.2, -0.15) is 4.31 Å². The van der Waals surface area contributed by atoms with Gasteiger partial charge in [-0.25, -0.2) is 8.42 Å². The number of hydrogen-bond donors (Lipinski definition) is 0. The quantitative estimate of drug-likeness (QED) is 0.447. The molecule has 0 aliphatic rings. The molecule has 0 N–H and O–H groups in total. The molecule has 1 aromatic carbocycles. The maximum absolute atomic E-state index is 12.6. The number of hydrogen-bond acceptors (Lipinski definition) is 2. The van der Waals surface area contributed by atoms with Crippen molar-refractivity contribution in [2.45, 2.75) is 18.7 Å². The normalized spacial score (nSPS) is 11.6. The topological polar surface area (TPSA) is 37.4 Å². The standard InChI is InChI=1S/C15H18BrNO2S/c1-3-4-12-17(13-6-5-11-16)20(18,19)15-9-7-14(2)8-10-15/h5-10H,11-13H2,1-2H3/b6-5+. The van der Waals surface area contributed by atoms with Gasteiger partial charge >= 0.3 is 0 Å². The predicted octanol–water partition coefficient (Wildman–Crippen LogP) is 2.96. The highest BCUT2D eigenvalue weighted by molar-refractivity contribution is 9.09. The maximum atomic E-state index is 12.6. The Bertz CT molecular complexity index is 610. The van der Waals surface area contributed by atoms with Crippen LogP contribution in [0.3, 0.4) is 0 Å². The molecule has 0 saturated carbocycles. The van der Waals surface area contributed by atoms with Crippen LogP contribution in [0.5, 0.6) is 0 Å². The van der Waals surface area contributed by atoms with Gasteiger partial charge in [0, 0.05) is 11.9 Å². The minimum Gasteiger partial charge on any atom is -0.207 e. The van der Waals surface area contributed by atoms with E-state index < -0.39 is 10.0 Å². The number of halogens is 1. The lowest BCUT2D eigenvalue weighted by Gasteiger charge is -2.18. The first-order chi connectivity index (χ1) is 9.52. The van der Waals surface area contributed by atoms with Crippen LogP contribution in [0.25, 0.3) is 0 Å². The summed E-state index contributed by atoms with van der Waals surface area (Å²) < 4.78 is 26.5. The summed E-state index contributed by atoms with van der Waals surface area (Å²) in [6, 6.07) is 6.85. The predicted molar refractivity (Wildman–Crippen MR) is 86.3 cm³/mol. The Morgan fingerprint density at radius 1 is 1.25 bits per heavy atom. The largest absolute Gasteiger partial charge is 0.244 e. The summed E-state index contributed by atoms with van der Waals surface area (Å²) in [7, 11) is -3.51. The monoisotopic (exact) mass is 355 g/mol. The molecule has 5 heteroatoms. The first kappa shape index (κ1) is 17.0. The number of allylic oxidation sites excluding steroid dienone is 1. The summed E-state index contributed by atoms with van der Waals surface area (Å²) >= 11 is 3.27. The van der Waals surface area contributed by atoms with Crippen molar-refractivity contribution in [3.05, 3.63) is 42.0 Å². The zero-order valence-electron chi connectivity index (χ0n) is 11.6. The van der Waals surface area contributed by atoms with Crippen molar-refractivity contribution in [1.29, 1.82) is 0 Å². The Morgan fingerprint density at radius 2 is 1.90 bits per heavy atom. The number of nitrogens with zero attached hydrogens (tertiary/aromatic N) is 1. The van der Waals surface area contributed by atoms with Gasteiger partial charge in [0.25, 0.3) is 0 Å². The lowest BCUT2D eigenvalue weighted by molar-refractivity contribution is 0.478. The Labute approximate surface area is 129 Å². The molecule has 0 fully saturated rings. The van der Waals surface area contributed by atoms with Crippen LogP contribution in [-0.4, -0.2) is 31.1 Å². The molecule has 0 aliphatic heterocycles. The summed E-state index contributed by atoms with van der Waals surface area (Å²) in [5, 5.41) is 0.699. The van der Waals surface area contributed by atoms with Crippen LogP contribution in [0, 0.1) is 18.8 Å². The van der Waals surface area contributed by atoms with Crippen molar-refractivity contribution >= 4 is 26.0 Å². The molecule has 0 bridgehead atoms. The van der Waals surface area contributed by atoms with Gasteiger partial charge in [-0.3, -0.25) is 0 Å². The summed E-state index contributed by atoms with van der Waals surface area (Å²) in [4.78, 5) is 0.299. The Balaban J connectivity index is 3.05. The van der Waals surface area contributed by atoms with Crippen LogP contribution in [0.1, 0.15) is 12.5 Å².